The lowest BCUT2D eigenvalue weighted by Gasteiger charge is -2.47. The van der Waals surface area contributed by atoms with Crippen molar-refractivity contribution in [3.8, 4) is 0 Å². The van der Waals surface area contributed by atoms with Crippen LogP contribution in [0.1, 0.15) is 30.1 Å². The molecule has 0 unspecified atom stereocenters. The number of benzene rings is 1. The zero-order chi connectivity index (χ0) is 19.7. The number of rotatable bonds is 5. The fraction of sp³-hybridized carbons (Fsp3) is 0.636. The maximum atomic E-state index is 13.1. The van der Waals surface area contributed by atoms with E-state index in [1.165, 1.54) is 0 Å². The van der Waals surface area contributed by atoms with Crippen molar-refractivity contribution in [3.63, 3.8) is 0 Å². The Labute approximate surface area is 167 Å². The number of likely N-dealkylation sites (tertiary alicyclic amines) is 3. The lowest BCUT2D eigenvalue weighted by atomic mass is 9.74. The molecule has 2 atom stereocenters. The van der Waals surface area contributed by atoms with Gasteiger partial charge in [0.05, 0.1) is 18.1 Å². The fourth-order valence-corrected chi connectivity index (χ4v) is 5.67. The third-order valence-electron chi connectivity index (χ3n) is 7.07. The quantitative estimate of drug-likeness (QED) is 0.775. The molecule has 1 aromatic carbocycles. The van der Waals surface area contributed by atoms with E-state index in [2.05, 4.69) is 16.7 Å². The molecule has 152 valence electrons. The van der Waals surface area contributed by atoms with Crippen molar-refractivity contribution in [2.45, 2.75) is 25.3 Å². The van der Waals surface area contributed by atoms with E-state index in [0.717, 1.165) is 57.7 Å². The zero-order valence-corrected chi connectivity index (χ0v) is 17.0. The Bertz CT molecular complexity index is 715. The first-order valence-electron chi connectivity index (χ1n) is 10.5. The largest absolute Gasteiger partial charge is 0.383 e. The monoisotopic (exact) mass is 385 g/mol. The lowest BCUT2D eigenvalue weighted by Crippen LogP contribution is -2.57. The van der Waals surface area contributed by atoms with Crippen LogP contribution in [0.2, 0.25) is 0 Å². The van der Waals surface area contributed by atoms with Gasteiger partial charge in [-0.25, -0.2) is 0 Å². The standard InChI is InChI=1S/C22H31N3O3/c1-3-25-21(27)18-15-23(13-14-28-2)16-19(18)22(25)9-11-24(12-10-22)20(26)17-7-5-4-6-8-17/h4-8,18-19H,3,9-16H2,1-2H3/t18-,19+/m1/s1. The Hall–Kier alpha value is -1.92. The smallest absolute Gasteiger partial charge is 0.253 e. The highest BCUT2D eigenvalue weighted by molar-refractivity contribution is 5.94. The van der Waals surface area contributed by atoms with Gasteiger partial charge in [-0.15, -0.1) is 0 Å². The molecule has 0 N–H and O–H groups in total. The minimum atomic E-state index is -0.0915. The summed E-state index contributed by atoms with van der Waals surface area (Å²) in [6.45, 7) is 7.69. The number of piperidine rings is 1. The van der Waals surface area contributed by atoms with Crippen molar-refractivity contribution in [3.05, 3.63) is 35.9 Å². The minimum Gasteiger partial charge on any atom is -0.383 e. The van der Waals surface area contributed by atoms with Crippen LogP contribution in [0.4, 0.5) is 0 Å². The zero-order valence-electron chi connectivity index (χ0n) is 17.0. The molecule has 0 aliphatic carbocycles. The van der Waals surface area contributed by atoms with Crippen molar-refractivity contribution in [1.29, 1.82) is 0 Å². The summed E-state index contributed by atoms with van der Waals surface area (Å²) >= 11 is 0. The predicted octanol–water partition coefficient (Wildman–Crippen LogP) is 1.72. The summed E-state index contributed by atoms with van der Waals surface area (Å²) in [7, 11) is 1.72. The van der Waals surface area contributed by atoms with Gasteiger partial charge in [0, 0.05) is 57.9 Å². The van der Waals surface area contributed by atoms with Crippen LogP contribution in [0.5, 0.6) is 0 Å². The normalized spacial score (nSPS) is 26.9. The molecule has 3 aliphatic heterocycles. The number of methoxy groups -OCH3 is 1. The van der Waals surface area contributed by atoms with Crippen LogP contribution in [-0.4, -0.2) is 85.0 Å². The Morgan fingerprint density at radius 1 is 1.18 bits per heavy atom. The van der Waals surface area contributed by atoms with Crippen molar-refractivity contribution in [2.24, 2.45) is 11.8 Å². The second kappa shape index (κ2) is 7.84. The summed E-state index contributed by atoms with van der Waals surface area (Å²) in [4.78, 5) is 32.5. The van der Waals surface area contributed by atoms with Crippen LogP contribution in [-0.2, 0) is 9.53 Å². The Morgan fingerprint density at radius 3 is 2.54 bits per heavy atom. The van der Waals surface area contributed by atoms with Crippen LogP contribution in [0, 0.1) is 11.8 Å². The van der Waals surface area contributed by atoms with Gasteiger partial charge in [-0.1, -0.05) is 18.2 Å². The van der Waals surface area contributed by atoms with Crippen molar-refractivity contribution < 1.29 is 14.3 Å². The van der Waals surface area contributed by atoms with Gasteiger partial charge in [-0.05, 0) is 31.9 Å². The van der Waals surface area contributed by atoms with E-state index in [4.69, 9.17) is 4.74 Å². The molecular formula is C22H31N3O3. The fourth-order valence-electron chi connectivity index (χ4n) is 5.67. The summed E-state index contributed by atoms with van der Waals surface area (Å²) in [5.74, 6) is 0.890. The summed E-state index contributed by atoms with van der Waals surface area (Å²) in [5.41, 5.74) is 0.656. The molecule has 0 aromatic heterocycles. The second-order valence-corrected chi connectivity index (χ2v) is 8.31. The molecule has 0 saturated carbocycles. The lowest BCUT2D eigenvalue weighted by molar-refractivity contribution is -0.135. The molecule has 3 heterocycles. The van der Waals surface area contributed by atoms with Gasteiger partial charge in [0.2, 0.25) is 5.91 Å². The van der Waals surface area contributed by atoms with E-state index in [9.17, 15) is 9.59 Å². The summed E-state index contributed by atoms with van der Waals surface area (Å²) < 4.78 is 5.23. The number of ether oxygens (including phenoxy) is 1. The van der Waals surface area contributed by atoms with Crippen molar-refractivity contribution >= 4 is 11.8 Å². The number of fused-ring (bicyclic) bond motifs is 2. The molecule has 28 heavy (non-hydrogen) atoms. The van der Waals surface area contributed by atoms with E-state index in [1.807, 2.05) is 35.2 Å². The average Bonchev–Trinajstić information content (AvgIpc) is 3.25. The van der Waals surface area contributed by atoms with E-state index in [1.54, 1.807) is 7.11 Å². The predicted molar refractivity (Wildman–Crippen MR) is 107 cm³/mol. The van der Waals surface area contributed by atoms with E-state index >= 15 is 0 Å². The van der Waals surface area contributed by atoms with E-state index < -0.39 is 0 Å². The second-order valence-electron chi connectivity index (χ2n) is 8.31. The van der Waals surface area contributed by atoms with E-state index in [-0.39, 0.29) is 17.4 Å². The highest BCUT2D eigenvalue weighted by atomic mass is 16.5. The van der Waals surface area contributed by atoms with Gasteiger partial charge in [0.15, 0.2) is 0 Å². The van der Waals surface area contributed by atoms with E-state index in [0.29, 0.717) is 18.4 Å². The molecule has 6 nitrogen and oxygen atoms in total. The molecule has 1 aromatic rings. The van der Waals surface area contributed by atoms with Gasteiger partial charge in [-0.3, -0.25) is 14.5 Å². The van der Waals surface area contributed by atoms with Crippen molar-refractivity contribution in [2.75, 3.05) is 53.0 Å². The van der Waals surface area contributed by atoms with Gasteiger partial charge < -0.3 is 14.5 Å². The first-order valence-corrected chi connectivity index (χ1v) is 10.5. The van der Waals surface area contributed by atoms with Crippen LogP contribution in [0.3, 0.4) is 0 Å². The molecule has 3 fully saturated rings. The van der Waals surface area contributed by atoms with Gasteiger partial charge in [-0.2, -0.15) is 0 Å². The van der Waals surface area contributed by atoms with Gasteiger partial charge in [0.1, 0.15) is 0 Å². The number of nitrogens with zero attached hydrogens (tertiary/aromatic N) is 3. The number of carbonyl (C=O) groups is 2. The first kappa shape index (κ1) is 19.4. The third kappa shape index (κ3) is 3.12. The SMILES string of the molecule is CCN1C(=O)[C@@H]2CN(CCOC)C[C@@H]2C12CCN(C(=O)c1ccccc1)CC2. The highest BCUT2D eigenvalue weighted by Gasteiger charge is 2.61. The number of hydrogen-bond donors (Lipinski definition) is 0. The van der Waals surface area contributed by atoms with Crippen LogP contribution in [0.15, 0.2) is 30.3 Å². The molecular weight excluding hydrogens is 354 g/mol. The number of hydrogen-bond acceptors (Lipinski definition) is 4. The number of carbonyl (C=O) groups excluding carboxylic acids is 2. The average molecular weight is 386 g/mol. The molecule has 3 saturated heterocycles. The maximum absolute atomic E-state index is 13.1. The molecule has 1 spiro atoms. The molecule has 6 heteroatoms. The Kier molecular flexibility index (Phi) is 5.43. The molecule has 4 rings (SSSR count). The van der Waals surface area contributed by atoms with Crippen LogP contribution >= 0.6 is 0 Å². The first-order chi connectivity index (χ1) is 13.6. The van der Waals surface area contributed by atoms with Crippen molar-refractivity contribution in [1.82, 2.24) is 14.7 Å². The highest BCUT2D eigenvalue weighted by Crippen LogP contribution is 2.49. The molecule has 0 radical (unpaired) electrons. The molecule has 3 aliphatic rings. The van der Waals surface area contributed by atoms with Crippen LogP contribution in [0.25, 0.3) is 0 Å². The van der Waals surface area contributed by atoms with Crippen LogP contribution < -0.4 is 0 Å². The van der Waals surface area contributed by atoms with Gasteiger partial charge >= 0.3 is 0 Å². The Balaban J connectivity index is 1.49. The third-order valence-corrected chi connectivity index (χ3v) is 7.07. The summed E-state index contributed by atoms with van der Waals surface area (Å²) in [6.07, 6.45) is 1.76. The Morgan fingerprint density at radius 2 is 1.89 bits per heavy atom. The summed E-state index contributed by atoms with van der Waals surface area (Å²) in [6, 6.07) is 9.51. The minimum absolute atomic E-state index is 0.0915. The summed E-state index contributed by atoms with van der Waals surface area (Å²) in [5, 5.41) is 0. The molecule has 2 amide bonds. The topological polar surface area (TPSA) is 53.1 Å². The van der Waals surface area contributed by atoms with Gasteiger partial charge in [0.25, 0.3) is 5.91 Å². The number of amides is 2. The molecule has 0 bridgehead atoms. The maximum Gasteiger partial charge on any atom is 0.253 e.